The van der Waals surface area contributed by atoms with Crippen LogP contribution in [0.3, 0.4) is 0 Å². The molecule has 0 aliphatic carbocycles. The van der Waals surface area contributed by atoms with E-state index in [4.69, 9.17) is 15.2 Å². The summed E-state index contributed by atoms with van der Waals surface area (Å²) in [6, 6.07) is 8.06. The van der Waals surface area contributed by atoms with Crippen molar-refractivity contribution in [3.63, 3.8) is 0 Å². The van der Waals surface area contributed by atoms with E-state index in [9.17, 15) is 0 Å². The van der Waals surface area contributed by atoms with Crippen molar-refractivity contribution in [2.45, 2.75) is 31.5 Å². The number of hydrogen-bond acceptors (Lipinski definition) is 3. The van der Waals surface area contributed by atoms with Crippen molar-refractivity contribution in [3.05, 3.63) is 42.5 Å². The molecule has 1 fully saturated rings. The van der Waals surface area contributed by atoms with Crippen molar-refractivity contribution in [2.75, 3.05) is 13.2 Å². The van der Waals surface area contributed by atoms with Gasteiger partial charge in [0.15, 0.2) is 0 Å². The molecule has 0 bridgehead atoms. The lowest BCUT2D eigenvalue weighted by atomic mass is 10.1. The average Bonchev–Trinajstić information content (AvgIpc) is 2.86. The quantitative estimate of drug-likeness (QED) is 0.784. The van der Waals surface area contributed by atoms with Gasteiger partial charge in [0.05, 0.1) is 12.2 Å². The maximum atomic E-state index is 5.85. The number of ether oxygens (including phenoxy) is 2. The van der Waals surface area contributed by atoms with Gasteiger partial charge in [-0.15, -0.1) is 6.58 Å². The standard InChI is InChI=1S/C15H21NO2/c1-2-5-12-6-3-4-7-15(12)17-11-14-9-8-13(10-16)18-14/h2-4,6-7,13-14H,1,5,8-11,16H2. The molecule has 1 saturated heterocycles. The van der Waals surface area contributed by atoms with E-state index < -0.39 is 0 Å². The normalized spacial score (nSPS) is 22.9. The lowest BCUT2D eigenvalue weighted by Crippen LogP contribution is -2.23. The van der Waals surface area contributed by atoms with Gasteiger partial charge in [-0.3, -0.25) is 0 Å². The molecular formula is C15H21NO2. The molecule has 0 spiro atoms. The summed E-state index contributed by atoms with van der Waals surface area (Å²) in [4.78, 5) is 0. The van der Waals surface area contributed by atoms with Gasteiger partial charge in [0.2, 0.25) is 0 Å². The number of para-hydroxylation sites is 1. The Morgan fingerprint density at radius 3 is 2.83 bits per heavy atom. The lowest BCUT2D eigenvalue weighted by Gasteiger charge is -2.15. The van der Waals surface area contributed by atoms with Crippen LogP contribution < -0.4 is 10.5 Å². The first-order chi connectivity index (χ1) is 8.83. The summed E-state index contributed by atoms with van der Waals surface area (Å²) < 4.78 is 11.6. The van der Waals surface area contributed by atoms with Crippen molar-refractivity contribution < 1.29 is 9.47 Å². The van der Waals surface area contributed by atoms with Crippen LogP contribution in [0.4, 0.5) is 0 Å². The molecule has 98 valence electrons. The van der Waals surface area contributed by atoms with Gasteiger partial charge in [-0.25, -0.2) is 0 Å². The van der Waals surface area contributed by atoms with Gasteiger partial charge in [-0.2, -0.15) is 0 Å². The fourth-order valence-corrected chi connectivity index (χ4v) is 2.23. The molecule has 1 aliphatic heterocycles. The smallest absolute Gasteiger partial charge is 0.122 e. The number of allylic oxidation sites excluding steroid dienone is 1. The molecular weight excluding hydrogens is 226 g/mol. The molecule has 1 heterocycles. The first-order valence-electron chi connectivity index (χ1n) is 6.50. The van der Waals surface area contributed by atoms with E-state index in [0.717, 1.165) is 25.0 Å². The Bertz CT molecular complexity index is 392. The fourth-order valence-electron chi connectivity index (χ4n) is 2.23. The minimum absolute atomic E-state index is 0.176. The summed E-state index contributed by atoms with van der Waals surface area (Å²) in [5.74, 6) is 0.928. The van der Waals surface area contributed by atoms with E-state index >= 15 is 0 Å². The van der Waals surface area contributed by atoms with Gasteiger partial charge in [0, 0.05) is 6.54 Å². The van der Waals surface area contributed by atoms with Crippen LogP contribution in [0, 0.1) is 0 Å². The van der Waals surface area contributed by atoms with Crippen LogP contribution in [0.5, 0.6) is 5.75 Å². The predicted octanol–water partition coefficient (Wildman–Crippen LogP) is 2.30. The highest BCUT2D eigenvalue weighted by Crippen LogP contribution is 2.23. The highest BCUT2D eigenvalue weighted by atomic mass is 16.5. The van der Waals surface area contributed by atoms with Gasteiger partial charge in [-0.05, 0) is 30.9 Å². The predicted molar refractivity (Wildman–Crippen MR) is 72.8 cm³/mol. The highest BCUT2D eigenvalue weighted by Gasteiger charge is 2.24. The first-order valence-corrected chi connectivity index (χ1v) is 6.50. The maximum absolute atomic E-state index is 5.85. The zero-order valence-electron chi connectivity index (χ0n) is 10.7. The monoisotopic (exact) mass is 247 g/mol. The van der Waals surface area contributed by atoms with Gasteiger partial charge in [-0.1, -0.05) is 24.3 Å². The first kappa shape index (κ1) is 13.1. The Balaban J connectivity index is 1.88. The SMILES string of the molecule is C=CCc1ccccc1OCC1CCC(CN)O1. The van der Waals surface area contributed by atoms with E-state index in [0.29, 0.717) is 13.2 Å². The minimum atomic E-state index is 0.176. The summed E-state index contributed by atoms with van der Waals surface area (Å²) in [5, 5.41) is 0. The average molecular weight is 247 g/mol. The third kappa shape index (κ3) is 3.34. The van der Waals surface area contributed by atoms with Gasteiger partial charge >= 0.3 is 0 Å². The van der Waals surface area contributed by atoms with Crippen LogP contribution in [-0.4, -0.2) is 25.4 Å². The largest absolute Gasteiger partial charge is 0.491 e. The molecule has 0 aromatic heterocycles. The molecule has 2 N–H and O–H groups in total. The van der Waals surface area contributed by atoms with E-state index in [1.54, 1.807) is 0 Å². The minimum Gasteiger partial charge on any atom is -0.491 e. The number of benzene rings is 1. The Kier molecular flexibility index (Phi) is 4.79. The molecule has 0 radical (unpaired) electrons. The Morgan fingerprint density at radius 2 is 2.11 bits per heavy atom. The molecule has 3 nitrogen and oxygen atoms in total. The number of hydrogen-bond donors (Lipinski definition) is 1. The zero-order chi connectivity index (χ0) is 12.8. The van der Waals surface area contributed by atoms with Gasteiger partial charge < -0.3 is 15.2 Å². The topological polar surface area (TPSA) is 44.5 Å². The van der Waals surface area contributed by atoms with E-state index in [-0.39, 0.29) is 12.2 Å². The maximum Gasteiger partial charge on any atom is 0.122 e. The van der Waals surface area contributed by atoms with Gasteiger partial charge in [0.1, 0.15) is 12.4 Å². The van der Waals surface area contributed by atoms with Crippen molar-refractivity contribution >= 4 is 0 Å². The summed E-state index contributed by atoms with van der Waals surface area (Å²) in [7, 11) is 0. The summed E-state index contributed by atoms with van der Waals surface area (Å²) in [6.45, 7) is 4.96. The second kappa shape index (κ2) is 6.57. The Morgan fingerprint density at radius 1 is 1.33 bits per heavy atom. The van der Waals surface area contributed by atoms with E-state index in [1.165, 1.54) is 5.56 Å². The third-order valence-electron chi connectivity index (χ3n) is 3.22. The molecule has 2 unspecified atom stereocenters. The van der Waals surface area contributed by atoms with Crippen LogP contribution in [0.25, 0.3) is 0 Å². The van der Waals surface area contributed by atoms with E-state index in [2.05, 4.69) is 12.6 Å². The van der Waals surface area contributed by atoms with Crippen molar-refractivity contribution in [1.82, 2.24) is 0 Å². The lowest BCUT2D eigenvalue weighted by molar-refractivity contribution is 0.0220. The zero-order valence-corrected chi connectivity index (χ0v) is 10.7. The van der Waals surface area contributed by atoms with Crippen LogP contribution in [0.2, 0.25) is 0 Å². The molecule has 0 amide bonds. The highest BCUT2D eigenvalue weighted by molar-refractivity contribution is 5.34. The Hall–Kier alpha value is -1.32. The molecule has 0 saturated carbocycles. The summed E-state index contributed by atoms with van der Waals surface area (Å²) in [5.41, 5.74) is 6.76. The molecule has 1 aromatic carbocycles. The molecule has 1 aromatic rings. The third-order valence-corrected chi connectivity index (χ3v) is 3.22. The second-order valence-electron chi connectivity index (χ2n) is 4.60. The van der Waals surface area contributed by atoms with Crippen LogP contribution in [0.1, 0.15) is 18.4 Å². The van der Waals surface area contributed by atoms with E-state index in [1.807, 2.05) is 24.3 Å². The molecule has 18 heavy (non-hydrogen) atoms. The molecule has 2 atom stereocenters. The molecule has 2 rings (SSSR count). The van der Waals surface area contributed by atoms with Crippen molar-refractivity contribution in [2.24, 2.45) is 5.73 Å². The van der Waals surface area contributed by atoms with Gasteiger partial charge in [0.25, 0.3) is 0 Å². The summed E-state index contributed by atoms with van der Waals surface area (Å²) in [6.07, 6.45) is 5.17. The second-order valence-corrected chi connectivity index (χ2v) is 4.60. The Labute approximate surface area is 109 Å². The van der Waals surface area contributed by atoms with Crippen LogP contribution in [-0.2, 0) is 11.2 Å². The number of nitrogens with two attached hydrogens (primary N) is 1. The summed E-state index contributed by atoms with van der Waals surface area (Å²) >= 11 is 0. The van der Waals surface area contributed by atoms with Crippen molar-refractivity contribution in [3.8, 4) is 5.75 Å². The fraction of sp³-hybridized carbons (Fsp3) is 0.467. The number of rotatable bonds is 6. The molecule has 3 heteroatoms. The van der Waals surface area contributed by atoms with Crippen molar-refractivity contribution in [1.29, 1.82) is 0 Å². The molecule has 1 aliphatic rings. The van der Waals surface area contributed by atoms with Crippen LogP contribution >= 0.6 is 0 Å². The van der Waals surface area contributed by atoms with Crippen LogP contribution in [0.15, 0.2) is 36.9 Å².